The maximum atomic E-state index is 10.1. The van der Waals surface area contributed by atoms with Crippen molar-refractivity contribution in [1.82, 2.24) is 16.2 Å². The van der Waals surface area contributed by atoms with Crippen molar-refractivity contribution in [3.8, 4) is 0 Å². The summed E-state index contributed by atoms with van der Waals surface area (Å²) in [5.74, 6) is 0. The Labute approximate surface area is 63.8 Å². The SMILES string of the molecule is CNC(=S)NNC(=O)S. The molecule has 0 heterocycles. The molecule has 0 aromatic rings. The molecule has 0 atom stereocenters. The van der Waals surface area contributed by atoms with Gasteiger partial charge in [-0.25, -0.2) is 0 Å². The third-order valence-corrected chi connectivity index (χ3v) is 0.928. The van der Waals surface area contributed by atoms with Gasteiger partial charge in [0.1, 0.15) is 0 Å². The lowest BCUT2D eigenvalue weighted by Crippen LogP contribution is -2.43. The van der Waals surface area contributed by atoms with Gasteiger partial charge in [-0.05, 0) is 12.2 Å². The average Bonchev–Trinajstić information content (AvgIpc) is 1.83. The molecule has 0 aliphatic rings. The molecular weight excluding hydrogens is 158 g/mol. The van der Waals surface area contributed by atoms with E-state index in [1.807, 2.05) is 0 Å². The first kappa shape index (κ1) is 8.51. The highest BCUT2D eigenvalue weighted by molar-refractivity contribution is 7.96. The van der Waals surface area contributed by atoms with Crippen LogP contribution in [-0.2, 0) is 0 Å². The Kier molecular flexibility index (Phi) is 4.16. The zero-order valence-corrected chi connectivity index (χ0v) is 6.47. The Morgan fingerprint density at radius 2 is 2.11 bits per heavy atom. The van der Waals surface area contributed by atoms with E-state index in [-0.39, 0.29) is 0 Å². The molecule has 1 amide bonds. The fourth-order valence-electron chi connectivity index (χ4n) is 0.173. The van der Waals surface area contributed by atoms with Crippen molar-refractivity contribution in [2.24, 2.45) is 0 Å². The van der Waals surface area contributed by atoms with Gasteiger partial charge in [0.15, 0.2) is 5.11 Å². The number of rotatable bonds is 0. The zero-order valence-electron chi connectivity index (χ0n) is 4.76. The van der Waals surface area contributed by atoms with E-state index < -0.39 is 5.24 Å². The van der Waals surface area contributed by atoms with Crippen molar-refractivity contribution in [3.05, 3.63) is 0 Å². The van der Waals surface area contributed by atoms with Gasteiger partial charge in [-0.3, -0.25) is 15.6 Å². The Balaban J connectivity index is 3.28. The average molecular weight is 165 g/mol. The molecule has 3 N–H and O–H groups in total. The van der Waals surface area contributed by atoms with Gasteiger partial charge < -0.3 is 5.32 Å². The van der Waals surface area contributed by atoms with Crippen LogP contribution in [0.2, 0.25) is 0 Å². The minimum Gasteiger partial charge on any atom is -0.364 e. The lowest BCUT2D eigenvalue weighted by atomic mass is 11.0. The molecule has 0 aromatic heterocycles. The summed E-state index contributed by atoms with van der Waals surface area (Å²) in [6.07, 6.45) is 0. The van der Waals surface area contributed by atoms with Crippen molar-refractivity contribution in [3.63, 3.8) is 0 Å². The highest BCUT2D eigenvalue weighted by Gasteiger charge is 1.90. The number of amides is 1. The van der Waals surface area contributed by atoms with Crippen molar-refractivity contribution < 1.29 is 4.79 Å². The molecule has 4 nitrogen and oxygen atoms in total. The van der Waals surface area contributed by atoms with Crippen LogP contribution in [0.3, 0.4) is 0 Å². The van der Waals surface area contributed by atoms with Gasteiger partial charge in [0.2, 0.25) is 0 Å². The molecule has 52 valence electrons. The summed E-state index contributed by atoms with van der Waals surface area (Å²) in [6, 6.07) is 0. The van der Waals surface area contributed by atoms with Crippen molar-refractivity contribution in [2.75, 3.05) is 7.05 Å². The molecule has 0 saturated carbocycles. The molecule has 6 heteroatoms. The van der Waals surface area contributed by atoms with Crippen molar-refractivity contribution in [2.45, 2.75) is 0 Å². The van der Waals surface area contributed by atoms with Crippen molar-refractivity contribution in [1.29, 1.82) is 0 Å². The summed E-state index contributed by atoms with van der Waals surface area (Å²) in [7, 11) is 1.64. The highest BCUT2D eigenvalue weighted by Crippen LogP contribution is 1.70. The second kappa shape index (κ2) is 4.39. The summed E-state index contributed by atoms with van der Waals surface area (Å²) >= 11 is 8.01. The number of hydrogen-bond acceptors (Lipinski definition) is 2. The Morgan fingerprint density at radius 3 is 2.44 bits per heavy atom. The van der Waals surface area contributed by atoms with E-state index in [2.05, 4.69) is 41.0 Å². The Hall–Kier alpha value is -0.490. The quantitative estimate of drug-likeness (QED) is 0.225. The van der Waals surface area contributed by atoms with Gasteiger partial charge in [-0.2, -0.15) is 0 Å². The first-order valence-electron chi connectivity index (χ1n) is 2.13. The lowest BCUT2D eigenvalue weighted by molar-refractivity contribution is 0.259. The van der Waals surface area contributed by atoms with Crippen LogP contribution in [0.4, 0.5) is 4.79 Å². The number of thiol groups is 1. The van der Waals surface area contributed by atoms with Crippen LogP contribution in [0.1, 0.15) is 0 Å². The fraction of sp³-hybridized carbons (Fsp3) is 0.333. The van der Waals surface area contributed by atoms with Gasteiger partial charge >= 0.3 is 0 Å². The predicted molar refractivity (Wildman–Crippen MR) is 42.3 cm³/mol. The first-order valence-corrected chi connectivity index (χ1v) is 2.99. The van der Waals surface area contributed by atoms with E-state index in [1.54, 1.807) is 7.05 Å². The molecule has 0 spiro atoms. The monoisotopic (exact) mass is 165 g/mol. The number of thiocarbonyl (C=S) groups is 1. The Bertz CT molecular complexity index is 126. The smallest absolute Gasteiger partial charge is 0.294 e. The maximum Gasteiger partial charge on any atom is 0.294 e. The van der Waals surface area contributed by atoms with E-state index in [0.29, 0.717) is 5.11 Å². The number of nitrogens with one attached hydrogen (secondary N) is 3. The van der Waals surface area contributed by atoms with E-state index >= 15 is 0 Å². The summed E-state index contributed by atoms with van der Waals surface area (Å²) in [5, 5.41) is 2.46. The summed E-state index contributed by atoms with van der Waals surface area (Å²) < 4.78 is 0. The van der Waals surface area contributed by atoms with Gasteiger partial charge in [0, 0.05) is 7.05 Å². The van der Waals surface area contributed by atoms with Crippen LogP contribution in [0.25, 0.3) is 0 Å². The molecule has 0 unspecified atom stereocenters. The second-order valence-electron chi connectivity index (χ2n) is 1.13. The maximum absolute atomic E-state index is 10.1. The standard InChI is InChI=1S/C3H7N3OS2/c1-4-2(8)5-6-3(7)9/h1H3,(H2,4,5,8)(H2,6,7,9). The molecule has 0 radical (unpaired) electrons. The molecule has 0 aliphatic carbocycles. The summed E-state index contributed by atoms with van der Waals surface area (Å²) in [6.45, 7) is 0. The van der Waals surface area contributed by atoms with Crippen LogP contribution in [-0.4, -0.2) is 17.4 Å². The van der Waals surface area contributed by atoms with Gasteiger partial charge in [-0.1, -0.05) is 12.6 Å². The fourth-order valence-corrected chi connectivity index (χ4v) is 0.280. The number of hydrogen-bond donors (Lipinski definition) is 4. The lowest BCUT2D eigenvalue weighted by Gasteiger charge is -2.04. The van der Waals surface area contributed by atoms with E-state index in [9.17, 15) is 4.79 Å². The summed E-state index contributed by atoms with van der Waals surface area (Å²) in [4.78, 5) is 10.1. The number of carbonyl (C=O) groups is 1. The minimum absolute atomic E-state index is 0.345. The topological polar surface area (TPSA) is 53.2 Å². The van der Waals surface area contributed by atoms with Gasteiger partial charge in [0.05, 0.1) is 0 Å². The summed E-state index contributed by atoms with van der Waals surface area (Å²) in [5.41, 5.74) is 4.54. The number of hydrazine groups is 1. The highest BCUT2D eigenvalue weighted by atomic mass is 32.1. The van der Waals surface area contributed by atoms with Gasteiger partial charge in [-0.15, -0.1) is 0 Å². The minimum atomic E-state index is -0.479. The van der Waals surface area contributed by atoms with Crippen LogP contribution in [0.15, 0.2) is 0 Å². The molecule has 0 rings (SSSR count). The van der Waals surface area contributed by atoms with Crippen LogP contribution < -0.4 is 16.2 Å². The number of carbonyl (C=O) groups excluding carboxylic acids is 1. The third kappa shape index (κ3) is 5.38. The second-order valence-corrected chi connectivity index (χ2v) is 1.95. The molecule has 0 saturated heterocycles. The normalized spacial score (nSPS) is 7.78. The van der Waals surface area contributed by atoms with Crippen LogP contribution in [0.5, 0.6) is 0 Å². The molecule has 0 bridgehead atoms. The molecule has 0 aromatic carbocycles. The molecule has 9 heavy (non-hydrogen) atoms. The van der Waals surface area contributed by atoms with E-state index in [0.717, 1.165) is 0 Å². The zero-order chi connectivity index (χ0) is 7.28. The Morgan fingerprint density at radius 1 is 1.56 bits per heavy atom. The van der Waals surface area contributed by atoms with Gasteiger partial charge in [0.25, 0.3) is 5.24 Å². The van der Waals surface area contributed by atoms with E-state index in [4.69, 9.17) is 0 Å². The molecule has 0 aliphatic heterocycles. The van der Waals surface area contributed by atoms with E-state index in [1.165, 1.54) is 0 Å². The predicted octanol–water partition coefficient (Wildman–Crippen LogP) is -0.365. The van der Waals surface area contributed by atoms with Crippen LogP contribution in [0, 0.1) is 0 Å². The van der Waals surface area contributed by atoms with Crippen LogP contribution >= 0.6 is 24.8 Å². The molecule has 0 fully saturated rings. The molecular formula is C3H7N3OS2. The third-order valence-electron chi connectivity index (χ3n) is 0.510. The largest absolute Gasteiger partial charge is 0.364 e. The van der Waals surface area contributed by atoms with Crippen molar-refractivity contribution >= 4 is 35.2 Å². The first-order chi connectivity index (χ1) is 4.16.